The minimum absolute atomic E-state index is 0.188. The minimum atomic E-state index is 0.188. The van der Waals surface area contributed by atoms with E-state index in [0.717, 1.165) is 19.3 Å². The van der Waals surface area contributed by atoms with E-state index in [4.69, 9.17) is 9.84 Å². The third-order valence-corrected chi connectivity index (χ3v) is 3.66. The number of aliphatic hydroxyl groups is 1. The van der Waals surface area contributed by atoms with Gasteiger partial charge in [0.25, 0.3) is 0 Å². The fourth-order valence-electron chi connectivity index (χ4n) is 2.74. The largest absolute Gasteiger partial charge is 0.396 e. The van der Waals surface area contributed by atoms with Crippen LogP contribution < -0.4 is 5.32 Å². The molecule has 0 saturated carbocycles. The van der Waals surface area contributed by atoms with E-state index in [9.17, 15) is 0 Å². The summed E-state index contributed by atoms with van der Waals surface area (Å²) in [5.41, 5.74) is 2.64. The maximum atomic E-state index is 9.08. The van der Waals surface area contributed by atoms with Crippen LogP contribution >= 0.6 is 0 Å². The second-order valence-electron chi connectivity index (χ2n) is 4.95. The summed E-state index contributed by atoms with van der Waals surface area (Å²) >= 11 is 0. The minimum Gasteiger partial charge on any atom is -0.396 e. The summed E-state index contributed by atoms with van der Waals surface area (Å²) in [7, 11) is 3.70. The van der Waals surface area contributed by atoms with Gasteiger partial charge in [-0.05, 0) is 25.7 Å². The molecular weight excluding hydrogens is 230 g/mol. The maximum Gasteiger partial charge on any atom is 0.0616 e. The number of ether oxygens (including phenoxy) is 1. The van der Waals surface area contributed by atoms with Crippen LogP contribution in [-0.4, -0.2) is 41.3 Å². The Morgan fingerprint density at radius 3 is 3.22 bits per heavy atom. The van der Waals surface area contributed by atoms with E-state index in [0.29, 0.717) is 12.6 Å². The molecule has 1 aliphatic rings. The van der Waals surface area contributed by atoms with Gasteiger partial charge in [-0.2, -0.15) is 5.10 Å². The zero-order valence-electron chi connectivity index (χ0n) is 11.2. The van der Waals surface area contributed by atoms with Crippen LogP contribution in [0.15, 0.2) is 6.20 Å². The molecule has 0 bridgehead atoms. The Bertz CT molecular complexity index is 372. The van der Waals surface area contributed by atoms with Crippen molar-refractivity contribution in [1.82, 2.24) is 15.1 Å². The lowest BCUT2D eigenvalue weighted by molar-refractivity contribution is 0.140. The molecule has 0 radical (unpaired) electrons. The van der Waals surface area contributed by atoms with Crippen molar-refractivity contribution < 1.29 is 9.84 Å². The Morgan fingerprint density at radius 1 is 1.67 bits per heavy atom. The van der Waals surface area contributed by atoms with Gasteiger partial charge in [-0.1, -0.05) is 0 Å². The molecule has 102 valence electrons. The number of nitrogens with zero attached hydrogens (tertiary/aromatic N) is 2. The molecule has 2 N–H and O–H groups in total. The predicted molar refractivity (Wildman–Crippen MR) is 69.4 cm³/mol. The highest BCUT2D eigenvalue weighted by Crippen LogP contribution is 2.29. The SMILES string of the molecule is COCC(CCO)NC1CCCc2c1cnn2C. The van der Waals surface area contributed by atoms with Crippen LogP contribution in [0.1, 0.15) is 36.6 Å². The second kappa shape index (κ2) is 6.31. The molecule has 0 amide bonds. The lowest BCUT2D eigenvalue weighted by Crippen LogP contribution is -2.38. The molecule has 1 aromatic rings. The highest BCUT2D eigenvalue weighted by Gasteiger charge is 2.25. The van der Waals surface area contributed by atoms with Crippen LogP contribution in [-0.2, 0) is 18.2 Å². The van der Waals surface area contributed by atoms with Crippen LogP contribution in [0.5, 0.6) is 0 Å². The van der Waals surface area contributed by atoms with Crippen molar-refractivity contribution in [2.24, 2.45) is 7.05 Å². The van der Waals surface area contributed by atoms with Gasteiger partial charge in [0.1, 0.15) is 0 Å². The van der Waals surface area contributed by atoms with E-state index < -0.39 is 0 Å². The van der Waals surface area contributed by atoms with E-state index >= 15 is 0 Å². The summed E-state index contributed by atoms with van der Waals surface area (Å²) in [6.07, 6.45) is 6.11. The van der Waals surface area contributed by atoms with Gasteiger partial charge >= 0.3 is 0 Å². The number of aliphatic hydroxyl groups excluding tert-OH is 1. The molecule has 1 heterocycles. The second-order valence-corrected chi connectivity index (χ2v) is 4.95. The third kappa shape index (κ3) is 2.91. The van der Waals surface area contributed by atoms with Crippen LogP contribution in [0.2, 0.25) is 0 Å². The Morgan fingerprint density at radius 2 is 2.50 bits per heavy atom. The van der Waals surface area contributed by atoms with Crippen molar-refractivity contribution >= 4 is 0 Å². The number of aromatic nitrogens is 2. The van der Waals surface area contributed by atoms with Gasteiger partial charge in [0, 0.05) is 44.1 Å². The number of nitrogens with one attached hydrogen (secondary N) is 1. The van der Waals surface area contributed by atoms with E-state index in [1.165, 1.54) is 17.7 Å². The van der Waals surface area contributed by atoms with Crippen molar-refractivity contribution in [3.8, 4) is 0 Å². The fourth-order valence-corrected chi connectivity index (χ4v) is 2.74. The van der Waals surface area contributed by atoms with Crippen molar-refractivity contribution in [3.05, 3.63) is 17.5 Å². The van der Waals surface area contributed by atoms with Crippen LogP contribution in [0.3, 0.4) is 0 Å². The standard InChI is InChI=1S/C13H23N3O2/c1-16-13-5-3-4-12(11(13)8-14-16)15-10(6-7-17)9-18-2/h8,10,12,15,17H,3-7,9H2,1-2H3. The lowest BCUT2D eigenvalue weighted by atomic mass is 9.92. The van der Waals surface area contributed by atoms with Gasteiger partial charge in [0.15, 0.2) is 0 Å². The van der Waals surface area contributed by atoms with Crippen LogP contribution in [0, 0.1) is 0 Å². The molecule has 0 fully saturated rings. The first-order chi connectivity index (χ1) is 8.76. The van der Waals surface area contributed by atoms with E-state index in [1.807, 2.05) is 17.9 Å². The summed E-state index contributed by atoms with van der Waals surface area (Å²) < 4.78 is 7.17. The molecule has 18 heavy (non-hydrogen) atoms. The Balaban J connectivity index is 2.05. The summed E-state index contributed by atoms with van der Waals surface area (Å²) in [5, 5.41) is 17.0. The van der Waals surface area contributed by atoms with Crippen molar-refractivity contribution in [1.29, 1.82) is 0 Å². The molecule has 0 spiro atoms. The van der Waals surface area contributed by atoms with Crippen LogP contribution in [0.4, 0.5) is 0 Å². The first-order valence-electron chi connectivity index (χ1n) is 6.63. The molecule has 5 nitrogen and oxygen atoms in total. The van der Waals surface area contributed by atoms with Crippen molar-refractivity contribution in [3.63, 3.8) is 0 Å². The van der Waals surface area contributed by atoms with E-state index in [-0.39, 0.29) is 12.6 Å². The topological polar surface area (TPSA) is 59.3 Å². The summed E-state index contributed by atoms with van der Waals surface area (Å²) in [5.74, 6) is 0. The van der Waals surface area contributed by atoms with Gasteiger partial charge in [-0.15, -0.1) is 0 Å². The number of methoxy groups -OCH3 is 1. The molecular formula is C13H23N3O2. The first-order valence-corrected chi connectivity index (χ1v) is 6.63. The van der Waals surface area contributed by atoms with Crippen molar-refractivity contribution in [2.75, 3.05) is 20.3 Å². The quantitative estimate of drug-likeness (QED) is 0.787. The molecule has 0 aromatic carbocycles. The highest BCUT2D eigenvalue weighted by atomic mass is 16.5. The molecule has 1 aliphatic carbocycles. The number of aryl methyl sites for hydroxylation is 1. The molecule has 0 saturated heterocycles. The maximum absolute atomic E-state index is 9.08. The Kier molecular flexibility index (Phi) is 4.74. The van der Waals surface area contributed by atoms with Gasteiger partial charge in [-0.3, -0.25) is 4.68 Å². The van der Waals surface area contributed by atoms with Gasteiger partial charge in [0.2, 0.25) is 0 Å². The third-order valence-electron chi connectivity index (χ3n) is 3.66. The number of hydrogen-bond donors (Lipinski definition) is 2. The fraction of sp³-hybridized carbons (Fsp3) is 0.769. The molecule has 5 heteroatoms. The van der Waals surface area contributed by atoms with Gasteiger partial charge in [-0.25, -0.2) is 0 Å². The monoisotopic (exact) mass is 253 g/mol. The molecule has 2 unspecified atom stereocenters. The Hall–Kier alpha value is -0.910. The molecule has 2 rings (SSSR count). The smallest absolute Gasteiger partial charge is 0.0616 e. The Labute approximate surface area is 108 Å². The zero-order chi connectivity index (χ0) is 13.0. The van der Waals surface area contributed by atoms with Gasteiger partial charge in [0.05, 0.1) is 12.8 Å². The van der Waals surface area contributed by atoms with Crippen molar-refractivity contribution in [2.45, 2.75) is 37.8 Å². The summed E-state index contributed by atoms with van der Waals surface area (Å²) in [6.45, 7) is 0.820. The number of hydrogen-bond acceptors (Lipinski definition) is 4. The lowest BCUT2D eigenvalue weighted by Gasteiger charge is -2.28. The van der Waals surface area contributed by atoms with E-state index in [2.05, 4.69) is 10.4 Å². The molecule has 0 aliphatic heterocycles. The first kappa shape index (κ1) is 13.5. The normalized spacial score (nSPS) is 20.7. The summed E-state index contributed by atoms with van der Waals surface area (Å²) in [6, 6.07) is 0.547. The summed E-state index contributed by atoms with van der Waals surface area (Å²) in [4.78, 5) is 0. The average molecular weight is 253 g/mol. The highest BCUT2D eigenvalue weighted by molar-refractivity contribution is 5.24. The van der Waals surface area contributed by atoms with Crippen LogP contribution in [0.25, 0.3) is 0 Å². The van der Waals surface area contributed by atoms with E-state index in [1.54, 1.807) is 7.11 Å². The number of rotatable bonds is 6. The molecule has 1 aromatic heterocycles. The average Bonchev–Trinajstić information content (AvgIpc) is 2.73. The predicted octanol–water partition coefficient (Wildman–Crippen LogP) is 0.784. The number of fused-ring (bicyclic) bond motifs is 1. The van der Waals surface area contributed by atoms with Gasteiger partial charge < -0.3 is 15.2 Å². The molecule has 2 atom stereocenters. The zero-order valence-corrected chi connectivity index (χ0v) is 11.2.